The Kier molecular flexibility index (Phi) is 22.3. The molecule has 0 saturated heterocycles. The van der Waals surface area contributed by atoms with Crippen LogP contribution in [0.25, 0.3) is 0 Å². The van der Waals surface area contributed by atoms with Crippen LogP contribution in [0.3, 0.4) is 0 Å². The summed E-state index contributed by atoms with van der Waals surface area (Å²) in [6.07, 6.45) is 1.73. The molecule has 2 aromatic carbocycles. The number of ether oxygens (including phenoxy) is 2. The van der Waals surface area contributed by atoms with E-state index >= 15 is 0 Å². The number of nitrogens with zero attached hydrogens (tertiary/aromatic N) is 2. The Morgan fingerprint density at radius 2 is 1.06 bits per heavy atom. The summed E-state index contributed by atoms with van der Waals surface area (Å²) in [7, 11) is 0. The Morgan fingerprint density at radius 3 is 1.60 bits per heavy atom. The van der Waals surface area contributed by atoms with Crippen LogP contribution in [0, 0.1) is 0 Å². The zero-order valence-electron chi connectivity index (χ0n) is 41.0. The molecule has 3 aliphatic rings. The molecule has 72 heavy (non-hydrogen) atoms. The Bertz CT molecular complexity index is 2550. The minimum absolute atomic E-state index is 0.0787. The summed E-state index contributed by atoms with van der Waals surface area (Å²) >= 11 is 0. The molecule has 5 heterocycles. The number of nitrogens with one attached hydrogen (secondary N) is 8. The number of alkyl carbamates (subject to hydrolysis) is 1. The van der Waals surface area contributed by atoms with E-state index in [2.05, 4.69) is 42.5 Å². The minimum atomic E-state index is -1.10. The van der Waals surface area contributed by atoms with Crippen LogP contribution in [0.15, 0.2) is 94.5 Å². The first kappa shape index (κ1) is 55.4. The average molecular weight is 999 g/mol. The molecule has 0 spiro atoms. The van der Waals surface area contributed by atoms with Gasteiger partial charge in [-0.15, -0.1) is 9.46 Å². The molecule has 22 nitrogen and oxygen atoms in total. The lowest BCUT2D eigenvalue weighted by Crippen LogP contribution is -2.50. The van der Waals surface area contributed by atoms with Crippen LogP contribution in [-0.2, 0) is 27.5 Å². The molecule has 0 aliphatic carbocycles. The van der Waals surface area contributed by atoms with E-state index in [4.69, 9.17) is 19.1 Å². The molecular weight excluding hydrogens is 933 g/mol. The largest absolute Gasteiger partial charge is 0.444 e. The van der Waals surface area contributed by atoms with Crippen molar-refractivity contribution in [3.05, 3.63) is 139 Å². The molecule has 22 heteroatoms. The maximum atomic E-state index is 14.1. The number of hydrogen-bond donors (Lipinski definition) is 8. The average Bonchev–Trinajstić information content (AvgIpc) is 3.35. The fraction of sp³-hybridized carbons (Fsp3) is 0.440. The summed E-state index contributed by atoms with van der Waals surface area (Å²) in [6, 6.07) is 21.6. The molecule has 388 valence electrons. The van der Waals surface area contributed by atoms with Gasteiger partial charge in [-0.2, -0.15) is 0 Å². The van der Waals surface area contributed by atoms with Crippen molar-refractivity contribution in [1.82, 2.24) is 52.0 Å². The van der Waals surface area contributed by atoms with Crippen molar-refractivity contribution < 1.29 is 47.9 Å². The Balaban J connectivity index is 1.32. The van der Waals surface area contributed by atoms with Crippen LogP contribution in [0.4, 0.5) is 4.79 Å². The molecule has 4 bridgehead atoms. The fourth-order valence-corrected chi connectivity index (χ4v) is 6.96. The van der Waals surface area contributed by atoms with E-state index in [9.17, 15) is 38.4 Å². The predicted molar refractivity (Wildman–Crippen MR) is 265 cm³/mol. The standard InChI is InChI=1S/C50H66N10O12/c1-50(2,3)72-49(68)57-30-32-69-31-29-56-44(63)39-21-26-52-23-11-10-22-51-24-12-25-53-42(61)37-17-19-40(59(47(37)66)70-33-35-13-6-4-7-14-35)45(64)54-27-28-55-46(65)41-20-18-38(43(62)58-39)48(67)60(41)71-34-36-15-8-5-9-16-36/h4-9,13-20,39,51-52H,10-12,21-34H2,1-3H3,(H,53,61)(H,54,64)(H,55,65)(H,56,63)(H,57,68)(H,58,62). The molecule has 1 unspecified atom stereocenters. The molecule has 1 atom stereocenters. The Morgan fingerprint density at radius 1 is 0.569 bits per heavy atom. The van der Waals surface area contributed by atoms with Gasteiger partial charge in [0, 0.05) is 32.7 Å². The summed E-state index contributed by atoms with van der Waals surface area (Å²) < 4.78 is 12.2. The van der Waals surface area contributed by atoms with Gasteiger partial charge in [0.25, 0.3) is 34.7 Å². The highest BCUT2D eigenvalue weighted by molar-refractivity contribution is 5.99. The molecular formula is C50H66N10O12. The Hall–Kier alpha value is -7.56. The number of hydrogen-bond acceptors (Lipinski definition) is 14. The second-order valence-corrected chi connectivity index (χ2v) is 17.5. The van der Waals surface area contributed by atoms with Crippen molar-refractivity contribution in [2.45, 2.75) is 71.3 Å². The molecule has 7 rings (SSSR count). The number of fused-ring (bicyclic) bond motifs is 2. The van der Waals surface area contributed by atoms with Crippen LogP contribution >= 0.6 is 0 Å². The van der Waals surface area contributed by atoms with Crippen molar-refractivity contribution in [2.75, 3.05) is 72.1 Å². The van der Waals surface area contributed by atoms with Crippen molar-refractivity contribution in [3.8, 4) is 0 Å². The summed E-state index contributed by atoms with van der Waals surface area (Å²) in [6.45, 7) is 7.68. The monoisotopic (exact) mass is 998 g/mol. The topological polar surface area (TPSA) is 280 Å². The summed E-state index contributed by atoms with van der Waals surface area (Å²) in [5, 5.41) is 22.7. The first-order chi connectivity index (χ1) is 34.7. The highest BCUT2D eigenvalue weighted by Gasteiger charge is 2.26. The molecule has 3 aliphatic heterocycles. The van der Waals surface area contributed by atoms with E-state index in [1.807, 2.05) is 6.07 Å². The molecule has 4 aromatic rings. The van der Waals surface area contributed by atoms with Crippen LogP contribution in [-0.4, -0.2) is 129 Å². The number of benzene rings is 2. The van der Waals surface area contributed by atoms with Gasteiger partial charge in [-0.1, -0.05) is 60.7 Å². The van der Waals surface area contributed by atoms with Crippen LogP contribution in [0.1, 0.15) is 99.3 Å². The quantitative estimate of drug-likeness (QED) is 0.0856. The highest BCUT2D eigenvalue weighted by Crippen LogP contribution is 2.08. The van der Waals surface area contributed by atoms with Gasteiger partial charge >= 0.3 is 6.09 Å². The normalized spacial score (nSPS) is 16.0. The number of amides is 6. The minimum Gasteiger partial charge on any atom is -0.444 e. The fourth-order valence-electron chi connectivity index (χ4n) is 6.96. The number of aromatic nitrogens is 2. The highest BCUT2D eigenvalue weighted by atomic mass is 16.7. The van der Waals surface area contributed by atoms with Crippen LogP contribution < -0.4 is 63.3 Å². The lowest BCUT2D eigenvalue weighted by atomic mass is 10.1. The summed E-state index contributed by atoms with van der Waals surface area (Å²) in [5.41, 5.74) is -2.22. The van der Waals surface area contributed by atoms with Gasteiger partial charge in [-0.25, -0.2) is 4.79 Å². The lowest BCUT2D eigenvalue weighted by Gasteiger charge is -2.20. The van der Waals surface area contributed by atoms with Gasteiger partial charge in [0.05, 0.1) is 13.2 Å². The number of rotatable bonds is 13. The second kappa shape index (κ2) is 28.9. The number of carbonyl (C=O) groups is 6. The molecule has 0 fully saturated rings. The van der Waals surface area contributed by atoms with E-state index in [1.54, 1.807) is 75.4 Å². The van der Waals surface area contributed by atoms with Gasteiger partial charge in [0.15, 0.2) is 0 Å². The van der Waals surface area contributed by atoms with Crippen molar-refractivity contribution in [1.29, 1.82) is 0 Å². The lowest BCUT2D eigenvalue weighted by molar-refractivity contribution is -0.123. The summed E-state index contributed by atoms with van der Waals surface area (Å²) in [5.74, 6) is -3.59. The van der Waals surface area contributed by atoms with Crippen molar-refractivity contribution >= 4 is 35.6 Å². The molecule has 2 aromatic heterocycles. The number of pyridine rings is 2. The molecule has 0 radical (unpaired) electrons. The molecule has 0 saturated carbocycles. The van der Waals surface area contributed by atoms with Gasteiger partial charge in [-0.05, 0) is 108 Å². The smallest absolute Gasteiger partial charge is 0.407 e. The predicted octanol–water partition coefficient (Wildman–Crippen LogP) is 0.666. The van der Waals surface area contributed by atoms with Gasteiger partial charge in [0.1, 0.15) is 47.4 Å². The van der Waals surface area contributed by atoms with Crippen molar-refractivity contribution in [3.63, 3.8) is 0 Å². The van der Waals surface area contributed by atoms with Gasteiger partial charge < -0.3 is 61.7 Å². The number of carbonyl (C=O) groups excluding carboxylic acids is 6. The van der Waals surface area contributed by atoms with E-state index in [1.165, 1.54) is 18.2 Å². The third-order valence-electron chi connectivity index (χ3n) is 10.6. The second-order valence-electron chi connectivity index (χ2n) is 17.5. The first-order valence-electron chi connectivity index (χ1n) is 24.0. The zero-order chi connectivity index (χ0) is 51.7. The molecule has 6 amide bonds. The van der Waals surface area contributed by atoms with Crippen LogP contribution in [0.5, 0.6) is 0 Å². The first-order valence-corrected chi connectivity index (χ1v) is 24.0. The SMILES string of the molecule is CC(C)(C)OC(=O)NCCOCCNC(=O)C1CCNCCCCNCCCNC(=O)c2ccc(n(OCc3ccccc3)c2=O)C(=O)NCCNC(=O)c2ccc(c(=O)n2OCc2ccccc2)C(=O)N1. The van der Waals surface area contributed by atoms with E-state index in [0.29, 0.717) is 48.5 Å². The molecule has 8 N–H and O–H groups in total. The van der Waals surface area contributed by atoms with Gasteiger partial charge in [-0.3, -0.25) is 33.6 Å². The maximum absolute atomic E-state index is 14.1. The Labute approximate surface area is 417 Å². The third-order valence-corrected chi connectivity index (χ3v) is 10.6. The maximum Gasteiger partial charge on any atom is 0.407 e. The third kappa shape index (κ3) is 18.3. The van der Waals surface area contributed by atoms with E-state index < -0.39 is 64.0 Å². The van der Waals surface area contributed by atoms with Gasteiger partial charge in [0.2, 0.25) is 5.91 Å². The zero-order valence-corrected chi connectivity index (χ0v) is 41.0. The summed E-state index contributed by atoms with van der Waals surface area (Å²) in [4.78, 5) is 119. The van der Waals surface area contributed by atoms with E-state index in [-0.39, 0.29) is 82.5 Å². The van der Waals surface area contributed by atoms with Crippen molar-refractivity contribution in [2.24, 2.45) is 0 Å². The van der Waals surface area contributed by atoms with E-state index in [0.717, 1.165) is 23.6 Å². The van der Waals surface area contributed by atoms with Crippen LogP contribution in [0.2, 0.25) is 0 Å².